The predicted molar refractivity (Wildman–Crippen MR) is 85.2 cm³/mol. The summed E-state index contributed by atoms with van der Waals surface area (Å²) in [5.41, 5.74) is 2.48. The highest BCUT2D eigenvalue weighted by Gasteiger charge is 2.23. The summed E-state index contributed by atoms with van der Waals surface area (Å²) in [5.74, 6) is 0. The third-order valence-corrected chi connectivity index (χ3v) is 4.34. The largest absolute Gasteiger partial charge is 0.390 e. The fraction of sp³-hybridized carbons (Fsp3) is 0.625. The molecule has 1 N–H and O–H groups in total. The molecule has 1 saturated heterocycles. The second-order valence-electron chi connectivity index (χ2n) is 5.92. The average molecular weight is 291 g/mol. The van der Waals surface area contributed by atoms with E-state index in [0.29, 0.717) is 6.54 Å². The van der Waals surface area contributed by atoms with Crippen molar-refractivity contribution in [2.24, 2.45) is 0 Å². The number of benzene rings is 1. The first kappa shape index (κ1) is 14.6. The van der Waals surface area contributed by atoms with Gasteiger partial charge in [0.25, 0.3) is 0 Å². The number of fused-ring (bicyclic) bond motifs is 1. The molecule has 2 aliphatic heterocycles. The third-order valence-electron chi connectivity index (χ3n) is 4.34. The van der Waals surface area contributed by atoms with E-state index < -0.39 is 0 Å². The van der Waals surface area contributed by atoms with Gasteiger partial charge in [-0.1, -0.05) is 12.1 Å². The molecule has 5 heteroatoms. The van der Waals surface area contributed by atoms with Gasteiger partial charge in [-0.2, -0.15) is 0 Å². The molecule has 0 aromatic heterocycles. The maximum absolute atomic E-state index is 10.4. The quantitative estimate of drug-likeness (QED) is 0.881. The molecule has 0 aliphatic carbocycles. The van der Waals surface area contributed by atoms with Crippen molar-refractivity contribution in [3.05, 3.63) is 24.3 Å². The molecule has 3 rings (SSSR count). The van der Waals surface area contributed by atoms with Crippen molar-refractivity contribution in [1.82, 2.24) is 4.90 Å². The summed E-state index contributed by atoms with van der Waals surface area (Å²) < 4.78 is 5.35. The van der Waals surface area contributed by atoms with Crippen LogP contribution >= 0.6 is 0 Å². The minimum atomic E-state index is -0.320. The van der Waals surface area contributed by atoms with E-state index in [-0.39, 0.29) is 6.10 Å². The van der Waals surface area contributed by atoms with E-state index in [1.165, 1.54) is 11.4 Å². The van der Waals surface area contributed by atoms with Gasteiger partial charge in [-0.3, -0.25) is 4.90 Å². The summed E-state index contributed by atoms with van der Waals surface area (Å²) in [6.45, 7) is 6.82. The van der Waals surface area contributed by atoms with Crippen LogP contribution in [0.2, 0.25) is 0 Å². The van der Waals surface area contributed by atoms with Crippen molar-refractivity contribution in [1.29, 1.82) is 0 Å². The molecule has 5 nitrogen and oxygen atoms in total. The lowest BCUT2D eigenvalue weighted by Gasteiger charge is -2.38. The molecular weight excluding hydrogens is 266 g/mol. The van der Waals surface area contributed by atoms with E-state index in [0.717, 1.165) is 45.9 Å². The smallest absolute Gasteiger partial charge is 0.0841 e. The standard InChI is InChI=1S/C16H25N3O2/c1-17-6-7-19(16-5-3-2-4-15(16)17)13-14(20)12-18-8-10-21-11-9-18/h2-5,14,20H,6-13H2,1H3. The Labute approximate surface area is 126 Å². The fourth-order valence-electron chi connectivity index (χ4n) is 3.15. The van der Waals surface area contributed by atoms with Crippen LogP contribution in [0.3, 0.4) is 0 Å². The molecule has 1 aromatic carbocycles. The van der Waals surface area contributed by atoms with Gasteiger partial charge in [0.15, 0.2) is 0 Å². The van der Waals surface area contributed by atoms with Crippen molar-refractivity contribution in [2.75, 3.05) is 69.3 Å². The minimum absolute atomic E-state index is 0.320. The van der Waals surface area contributed by atoms with Crippen LogP contribution in [0.25, 0.3) is 0 Å². The SMILES string of the molecule is CN1CCN(CC(O)CN2CCOCC2)c2ccccc21. The van der Waals surface area contributed by atoms with E-state index >= 15 is 0 Å². The molecule has 0 spiro atoms. The Balaban J connectivity index is 1.61. The number of ether oxygens (including phenoxy) is 1. The van der Waals surface area contributed by atoms with Gasteiger partial charge in [0.05, 0.1) is 30.7 Å². The van der Waals surface area contributed by atoms with Gasteiger partial charge in [0.1, 0.15) is 0 Å². The topological polar surface area (TPSA) is 39.2 Å². The van der Waals surface area contributed by atoms with Gasteiger partial charge in [-0.05, 0) is 12.1 Å². The first-order valence-electron chi connectivity index (χ1n) is 7.77. The highest BCUT2D eigenvalue weighted by molar-refractivity contribution is 5.73. The van der Waals surface area contributed by atoms with Crippen LogP contribution in [0.5, 0.6) is 0 Å². The van der Waals surface area contributed by atoms with Crippen LogP contribution in [0, 0.1) is 0 Å². The monoisotopic (exact) mass is 291 g/mol. The molecule has 0 saturated carbocycles. The molecule has 0 amide bonds. The van der Waals surface area contributed by atoms with Crippen LogP contribution in [0.1, 0.15) is 0 Å². The van der Waals surface area contributed by atoms with Gasteiger partial charge in [-0.15, -0.1) is 0 Å². The Morgan fingerprint density at radius 1 is 1.05 bits per heavy atom. The van der Waals surface area contributed by atoms with Gasteiger partial charge in [0, 0.05) is 46.3 Å². The van der Waals surface area contributed by atoms with Gasteiger partial charge in [0.2, 0.25) is 0 Å². The number of anilines is 2. The number of hydrogen-bond donors (Lipinski definition) is 1. The Hall–Kier alpha value is -1.30. The first-order valence-corrected chi connectivity index (χ1v) is 7.77. The van der Waals surface area contributed by atoms with E-state index in [4.69, 9.17) is 4.74 Å². The Morgan fingerprint density at radius 3 is 2.52 bits per heavy atom. The molecule has 2 aliphatic rings. The number of hydrogen-bond acceptors (Lipinski definition) is 5. The molecule has 116 valence electrons. The summed E-state index contributed by atoms with van der Waals surface area (Å²) in [5, 5.41) is 10.4. The molecule has 1 unspecified atom stereocenters. The van der Waals surface area contributed by atoms with Crippen molar-refractivity contribution in [3.8, 4) is 0 Å². The van der Waals surface area contributed by atoms with Crippen molar-refractivity contribution in [3.63, 3.8) is 0 Å². The van der Waals surface area contributed by atoms with Crippen molar-refractivity contribution >= 4 is 11.4 Å². The zero-order valence-corrected chi connectivity index (χ0v) is 12.7. The summed E-state index contributed by atoms with van der Waals surface area (Å²) in [6.07, 6.45) is -0.320. The molecule has 2 heterocycles. The van der Waals surface area contributed by atoms with E-state index in [9.17, 15) is 5.11 Å². The van der Waals surface area contributed by atoms with E-state index in [1.807, 2.05) is 0 Å². The number of para-hydroxylation sites is 2. The molecule has 1 atom stereocenters. The predicted octanol–water partition coefficient (Wildman–Crippen LogP) is 0.636. The number of morpholine rings is 1. The van der Waals surface area contributed by atoms with Gasteiger partial charge in [-0.25, -0.2) is 0 Å². The van der Waals surface area contributed by atoms with Crippen molar-refractivity contribution in [2.45, 2.75) is 6.10 Å². The molecule has 0 bridgehead atoms. The maximum atomic E-state index is 10.4. The van der Waals surface area contributed by atoms with Gasteiger partial charge >= 0.3 is 0 Å². The van der Waals surface area contributed by atoms with Crippen LogP contribution in [-0.2, 0) is 4.74 Å². The normalized spacial score (nSPS) is 21.2. The minimum Gasteiger partial charge on any atom is -0.390 e. The second kappa shape index (κ2) is 6.64. The molecule has 1 aromatic rings. The number of likely N-dealkylation sites (N-methyl/N-ethyl adjacent to an activating group) is 1. The van der Waals surface area contributed by atoms with E-state index in [2.05, 4.69) is 46.0 Å². The number of aliphatic hydroxyl groups excluding tert-OH is 1. The second-order valence-corrected chi connectivity index (χ2v) is 5.92. The van der Waals surface area contributed by atoms with Gasteiger partial charge < -0.3 is 19.6 Å². The van der Waals surface area contributed by atoms with Crippen LogP contribution in [0.4, 0.5) is 11.4 Å². The van der Waals surface area contributed by atoms with Crippen molar-refractivity contribution < 1.29 is 9.84 Å². The molecule has 1 fully saturated rings. The number of nitrogens with zero attached hydrogens (tertiary/aromatic N) is 3. The number of aliphatic hydroxyl groups is 1. The Kier molecular flexibility index (Phi) is 4.63. The highest BCUT2D eigenvalue weighted by atomic mass is 16.5. The lowest BCUT2D eigenvalue weighted by molar-refractivity contribution is 0.0161. The Morgan fingerprint density at radius 2 is 1.76 bits per heavy atom. The first-order chi connectivity index (χ1) is 10.2. The maximum Gasteiger partial charge on any atom is 0.0841 e. The average Bonchev–Trinajstić information content (AvgIpc) is 2.51. The number of rotatable bonds is 4. The van der Waals surface area contributed by atoms with Crippen LogP contribution < -0.4 is 9.80 Å². The summed E-state index contributed by atoms with van der Waals surface area (Å²) in [6, 6.07) is 8.44. The summed E-state index contributed by atoms with van der Waals surface area (Å²) in [7, 11) is 2.13. The zero-order valence-electron chi connectivity index (χ0n) is 12.7. The fourth-order valence-corrected chi connectivity index (χ4v) is 3.15. The highest BCUT2D eigenvalue weighted by Crippen LogP contribution is 2.31. The lowest BCUT2D eigenvalue weighted by Crippen LogP contribution is -2.47. The summed E-state index contributed by atoms with van der Waals surface area (Å²) in [4.78, 5) is 6.87. The van der Waals surface area contributed by atoms with Crippen LogP contribution in [-0.4, -0.2) is 75.6 Å². The lowest BCUT2D eigenvalue weighted by atomic mass is 10.1. The Bertz CT molecular complexity index is 463. The molecule has 0 radical (unpaired) electrons. The number of β-amino-alcohol motifs (C(OH)–C–C–N with tert-alkyl or cyclic N) is 1. The molecule has 21 heavy (non-hydrogen) atoms. The van der Waals surface area contributed by atoms with E-state index in [1.54, 1.807) is 0 Å². The zero-order chi connectivity index (χ0) is 14.7. The third kappa shape index (κ3) is 3.48. The van der Waals surface area contributed by atoms with Crippen LogP contribution in [0.15, 0.2) is 24.3 Å². The summed E-state index contributed by atoms with van der Waals surface area (Å²) >= 11 is 0. The molecular formula is C16H25N3O2.